The summed E-state index contributed by atoms with van der Waals surface area (Å²) in [6, 6.07) is 12.4. The molecule has 0 spiro atoms. The van der Waals surface area contributed by atoms with Gasteiger partial charge in [-0.05, 0) is 40.5 Å². The van der Waals surface area contributed by atoms with E-state index in [0.29, 0.717) is 5.82 Å². The van der Waals surface area contributed by atoms with E-state index in [1.807, 2.05) is 12.1 Å². The lowest BCUT2D eigenvalue weighted by Crippen LogP contribution is -2.10. The molecule has 0 unspecified atom stereocenters. The summed E-state index contributed by atoms with van der Waals surface area (Å²) in [7, 11) is 0. The first kappa shape index (κ1) is 21.4. The Hall–Kier alpha value is -3.42. The van der Waals surface area contributed by atoms with Crippen molar-refractivity contribution >= 4 is 0 Å². The van der Waals surface area contributed by atoms with Gasteiger partial charge in [0, 0.05) is 36.7 Å². The van der Waals surface area contributed by atoms with E-state index in [-0.39, 0.29) is 0 Å². The van der Waals surface area contributed by atoms with Crippen LogP contribution in [0.4, 0.5) is 0 Å². The van der Waals surface area contributed by atoms with Crippen LogP contribution in [0.2, 0.25) is 0 Å². The normalized spacial score (nSPS) is 14.6. The van der Waals surface area contributed by atoms with Gasteiger partial charge in [-0.25, -0.2) is 14.8 Å². The van der Waals surface area contributed by atoms with Gasteiger partial charge in [0.15, 0.2) is 11.6 Å². The Morgan fingerprint density at radius 2 is 1.91 bits per heavy atom. The highest BCUT2D eigenvalue weighted by molar-refractivity contribution is 5.76. The number of rotatable bonds is 8. The molecule has 8 heteroatoms. The first-order valence-electron chi connectivity index (χ1n) is 12.0. The van der Waals surface area contributed by atoms with Gasteiger partial charge in [0.25, 0.3) is 0 Å². The van der Waals surface area contributed by atoms with Crippen molar-refractivity contribution in [2.45, 2.75) is 64.8 Å². The molecule has 8 nitrogen and oxygen atoms in total. The van der Waals surface area contributed by atoms with Crippen molar-refractivity contribution in [1.82, 2.24) is 40.4 Å². The summed E-state index contributed by atoms with van der Waals surface area (Å²) in [6.07, 6.45) is 11.4. The topological polar surface area (TPSA) is 98.1 Å². The summed E-state index contributed by atoms with van der Waals surface area (Å²) in [5, 5.41) is 19.1. The van der Waals surface area contributed by atoms with E-state index >= 15 is 0 Å². The highest BCUT2D eigenvalue weighted by atomic mass is 15.5. The number of hydrogen-bond donors (Lipinski definition) is 1. The van der Waals surface area contributed by atoms with Crippen molar-refractivity contribution in [1.29, 1.82) is 0 Å². The van der Waals surface area contributed by atoms with Crippen molar-refractivity contribution in [2.75, 3.05) is 0 Å². The number of aromatic nitrogens is 8. The molecule has 0 atom stereocenters. The van der Waals surface area contributed by atoms with Crippen LogP contribution in [0.5, 0.6) is 0 Å². The predicted molar refractivity (Wildman–Crippen MR) is 126 cm³/mol. The van der Waals surface area contributed by atoms with Gasteiger partial charge >= 0.3 is 0 Å². The highest BCUT2D eigenvalue weighted by Crippen LogP contribution is 2.28. The largest absolute Gasteiger partial charge is 0.255 e. The van der Waals surface area contributed by atoms with Crippen molar-refractivity contribution in [3.63, 3.8) is 0 Å². The molecule has 1 aromatic carbocycles. The quantitative estimate of drug-likeness (QED) is 0.427. The molecule has 0 aliphatic heterocycles. The fourth-order valence-corrected chi connectivity index (χ4v) is 4.75. The third-order valence-electron chi connectivity index (χ3n) is 6.42. The Labute approximate surface area is 193 Å². The Bertz CT molecular complexity index is 1160. The number of aromatic amines is 1. The van der Waals surface area contributed by atoms with E-state index in [1.165, 1.54) is 37.7 Å². The van der Waals surface area contributed by atoms with Gasteiger partial charge in [0.1, 0.15) is 5.82 Å². The van der Waals surface area contributed by atoms with E-state index in [4.69, 9.17) is 10.1 Å². The van der Waals surface area contributed by atoms with Crippen molar-refractivity contribution in [3.05, 3.63) is 59.8 Å². The Balaban J connectivity index is 1.34. The second-order valence-corrected chi connectivity index (χ2v) is 8.90. The van der Waals surface area contributed by atoms with Crippen LogP contribution in [-0.4, -0.2) is 40.4 Å². The zero-order chi connectivity index (χ0) is 22.5. The molecule has 1 fully saturated rings. The number of pyridine rings is 1. The molecular weight excluding hydrogens is 412 g/mol. The van der Waals surface area contributed by atoms with Crippen LogP contribution in [0.3, 0.4) is 0 Å². The van der Waals surface area contributed by atoms with Crippen LogP contribution in [0, 0.1) is 5.92 Å². The summed E-state index contributed by atoms with van der Waals surface area (Å²) in [5.41, 5.74) is 3.97. The first-order valence-corrected chi connectivity index (χ1v) is 12.0. The lowest BCUT2D eigenvalue weighted by atomic mass is 9.87. The molecule has 3 aromatic heterocycles. The average Bonchev–Trinajstić information content (AvgIpc) is 3.51. The highest BCUT2D eigenvalue weighted by Gasteiger charge is 2.18. The lowest BCUT2D eigenvalue weighted by molar-refractivity contribution is 0.351. The van der Waals surface area contributed by atoms with Crippen LogP contribution in [-0.2, 0) is 19.4 Å². The van der Waals surface area contributed by atoms with Crippen LogP contribution < -0.4 is 0 Å². The van der Waals surface area contributed by atoms with Gasteiger partial charge < -0.3 is 0 Å². The number of H-pyrrole nitrogens is 1. The van der Waals surface area contributed by atoms with Crippen LogP contribution in [0.1, 0.15) is 62.7 Å². The SMILES string of the molecule is CCCn1nc(CC2CCCCC2)nc1Cc1ccc(-c2ncccc2-c2nnn[nH]2)cc1. The maximum Gasteiger partial charge on any atom is 0.181 e. The number of hydrogen-bond acceptors (Lipinski definition) is 6. The van der Waals surface area contributed by atoms with Gasteiger partial charge in [-0.15, -0.1) is 5.10 Å². The second-order valence-electron chi connectivity index (χ2n) is 8.90. The van der Waals surface area contributed by atoms with E-state index in [1.54, 1.807) is 6.20 Å². The predicted octanol–water partition coefficient (Wildman–Crippen LogP) is 4.64. The number of benzene rings is 1. The number of nitrogens with zero attached hydrogens (tertiary/aromatic N) is 7. The molecule has 4 aromatic rings. The molecular formula is C25H30N8. The van der Waals surface area contributed by atoms with Crippen LogP contribution in [0.15, 0.2) is 42.6 Å². The maximum absolute atomic E-state index is 4.96. The Morgan fingerprint density at radius 1 is 1.06 bits per heavy atom. The standard InChI is InChI=1S/C25H30N8/c1-2-15-33-23(27-22(30-33)16-18-7-4-3-5-8-18)17-19-10-12-20(13-11-19)24-21(9-6-14-26-24)25-28-31-32-29-25/h6,9-14,18H,2-5,7-8,15-17H2,1H3,(H,28,29,31,32). The van der Waals surface area contributed by atoms with Gasteiger partial charge in [0.05, 0.1) is 5.69 Å². The zero-order valence-corrected chi connectivity index (χ0v) is 19.1. The second kappa shape index (κ2) is 10.0. The molecule has 5 rings (SSSR count). The third kappa shape index (κ3) is 4.99. The van der Waals surface area contributed by atoms with E-state index in [0.717, 1.165) is 60.2 Å². The molecule has 1 N–H and O–H groups in total. The smallest absolute Gasteiger partial charge is 0.181 e. The number of nitrogens with one attached hydrogen (secondary N) is 1. The number of aryl methyl sites for hydroxylation is 1. The molecule has 0 amide bonds. The Morgan fingerprint density at radius 3 is 2.67 bits per heavy atom. The zero-order valence-electron chi connectivity index (χ0n) is 19.1. The number of tetrazole rings is 1. The van der Waals surface area contributed by atoms with Gasteiger partial charge in [0.2, 0.25) is 0 Å². The summed E-state index contributed by atoms with van der Waals surface area (Å²) in [6.45, 7) is 3.10. The van der Waals surface area contributed by atoms with Gasteiger partial charge in [-0.3, -0.25) is 4.98 Å². The minimum Gasteiger partial charge on any atom is -0.255 e. The van der Waals surface area contributed by atoms with Gasteiger partial charge in [-0.1, -0.05) is 63.3 Å². The fourth-order valence-electron chi connectivity index (χ4n) is 4.75. The summed E-state index contributed by atoms with van der Waals surface area (Å²) < 4.78 is 2.11. The monoisotopic (exact) mass is 442 g/mol. The molecule has 0 saturated heterocycles. The Kier molecular flexibility index (Phi) is 6.51. The van der Waals surface area contributed by atoms with E-state index in [9.17, 15) is 0 Å². The average molecular weight is 443 g/mol. The minimum atomic E-state index is 0.611. The third-order valence-corrected chi connectivity index (χ3v) is 6.42. The van der Waals surface area contributed by atoms with Crippen molar-refractivity contribution in [2.24, 2.45) is 5.92 Å². The molecule has 0 bridgehead atoms. The maximum atomic E-state index is 4.96. The van der Waals surface area contributed by atoms with E-state index in [2.05, 4.69) is 61.5 Å². The molecule has 33 heavy (non-hydrogen) atoms. The van der Waals surface area contributed by atoms with Crippen molar-refractivity contribution < 1.29 is 0 Å². The first-order chi connectivity index (χ1) is 16.3. The van der Waals surface area contributed by atoms with Crippen LogP contribution >= 0.6 is 0 Å². The summed E-state index contributed by atoms with van der Waals surface area (Å²) in [5.74, 6) is 3.43. The summed E-state index contributed by atoms with van der Waals surface area (Å²) in [4.78, 5) is 9.53. The molecule has 1 aliphatic rings. The minimum absolute atomic E-state index is 0.611. The lowest BCUT2D eigenvalue weighted by Gasteiger charge is -2.19. The van der Waals surface area contributed by atoms with Crippen molar-refractivity contribution in [3.8, 4) is 22.6 Å². The van der Waals surface area contributed by atoms with Crippen LogP contribution in [0.25, 0.3) is 22.6 Å². The summed E-state index contributed by atoms with van der Waals surface area (Å²) >= 11 is 0. The van der Waals surface area contributed by atoms with E-state index < -0.39 is 0 Å². The van der Waals surface area contributed by atoms with Gasteiger partial charge in [-0.2, -0.15) is 5.10 Å². The molecule has 3 heterocycles. The molecule has 0 radical (unpaired) electrons. The molecule has 170 valence electrons. The molecule has 1 aliphatic carbocycles. The fraction of sp³-hybridized carbons (Fsp3) is 0.440. The molecule has 1 saturated carbocycles.